The number of carbonyl (C=O) groups excluding carboxylic acids is 1. The number of rotatable bonds is 8. The van der Waals surface area contributed by atoms with Crippen LogP contribution in [0.15, 0.2) is 18.2 Å². The Bertz CT molecular complexity index is 554. The summed E-state index contributed by atoms with van der Waals surface area (Å²) in [5.74, 6) is 1.14. The van der Waals surface area contributed by atoms with Crippen molar-refractivity contribution in [3.63, 3.8) is 0 Å². The van der Waals surface area contributed by atoms with E-state index in [0.29, 0.717) is 12.5 Å². The molecule has 0 aromatic heterocycles. The summed E-state index contributed by atoms with van der Waals surface area (Å²) in [6.45, 7) is 10.5. The van der Waals surface area contributed by atoms with Gasteiger partial charge < -0.3 is 14.8 Å². The molecule has 0 unspecified atom stereocenters. The maximum absolute atomic E-state index is 12.7. The Labute approximate surface area is 139 Å². The quantitative estimate of drug-likeness (QED) is 0.776. The Balaban J connectivity index is 2.07. The molecule has 1 aromatic rings. The van der Waals surface area contributed by atoms with Gasteiger partial charge in [0.25, 0.3) is 5.91 Å². The van der Waals surface area contributed by atoms with Gasteiger partial charge in [-0.15, -0.1) is 0 Å². The first kappa shape index (κ1) is 17.8. The van der Waals surface area contributed by atoms with Gasteiger partial charge in [-0.3, -0.25) is 4.79 Å². The van der Waals surface area contributed by atoms with Gasteiger partial charge in [0.2, 0.25) is 0 Å². The third kappa shape index (κ3) is 4.25. The van der Waals surface area contributed by atoms with Crippen LogP contribution < -0.4 is 10.1 Å². The molecule has 23 heavy (non-hydrogen) atoms. The second kappa shape index (κ2) is 7.35. The third-order valence-corrected chi connectivity index (χ3v) is 4.59. The SMILES string of the molecule is CCO[C@@](C)(C(=O)Nc1ccc(O[C@@H](C)CC)c(C)c1)C1CC1. The first-order chi connectivity index (χ1) is 10.9. The normalized spacial score (nSPS) is 18.1. The van der Waals surface area contributed by atoms with Crippen molar-refractivity contribution in [3.05, 3.63) is 23.8 Å². The number of amides is 1. The van der Waals surface area contributed by atoms with Crippen LogP contribution in [-0.4, -0.2) is 24.2 Å². The lowest BCUT2D eigenvalue weighted by molar-refractivity contribution is -0.141. The maximum Gasteiger partial charge on any atom is 0.256 e. The van der Waals surface area contributed by atoms with E-state index in [2.05, 4.69) is 19.2 Å². The highest BCUT2D eigenvalue weighted by atomic mass is 16.5. The summed E-state index contributed by atoms with van der Waals surface area (Å²) in [4.78, 5) is 12.7. The van der Waals surface area contributed by atoms with E-state index in [1.807, 2.05) is 39.0 Å². The largest absolute Gasteiger partial charge is 0.490 e. The van der Waals surface area contributed by atoms with Gasteiger partial charge in [-0.2, -0.15) is 0 Å². The second-order valence-electron chi connectivity index (χ2n) is 6.59. The molecule has 0 aliphatic heterocycles. The molecule has 0 radical (unpaired) electrons. The van der Waals surface area contributed by atoms with Crippen LogP contribution in [0.1, 0.15) is 52.5 Å². The van der Waals surface area contributed by atoms with Crippen LogP contribution in [0.5, 0.6) is 5.75 Å². The van der Waals surface area contributed by atoms with Crippen molar-refractivity contribution in [1.82, 2.24) is 0 Å². The van der Waals surface area contributed by atoms with Crippen molar-refractivity contribution in [2.45, 2.75) is 65.6 Å². The number of anilines is 1. The number of aryl methyl sites for hydroxylation is 1. The molecular formula is C19H29NO3. The molecule has 1 aliphatic carbocycles. The molecule has 0 saturated heterocycles. The highest BCUT2D eigenvalue weighted by molar-refractivity contribution is 5.97. The summed E-state index contributed by atoms with van der Waals surface area (Å²) < 4.78 is 11.6. The maximum atomic E-state index is 12.7. The van der Waals surface area contributed by atoms with E-state index in [4.69, 9.17) is 9.47 Å². The molecular weight excluding hydrogens is 290 g/mol. The van der Waals surface area contributed by atoms with Crippen LogP contribution >= 0.6 is 0 Å². The van der Waals surface area contributed by atoms with Crippen molar-refractivity contribution < 1.29 is 14.3 Å². The number of benzene rings is 1. The lowest BCUT2D eigenvalue weighted by Crippen LogP contribution is -2.44. The zero-order valence-corrected chi connectivity index (χ0v) is 14.9. The van der Waals surface area contributed by atoms with E-state index in [0.717, 1.165) is 36.3 Å². The summed E-state index contributed by atoms with van der Waals surface area (Å²) in [7, 11) is 0. The molecule has 1 amide bonds. The standard InChI is InChI=1S/C19H29NO3/c1-6-14(4)23-17-11-10-16(12-13(17)3)20-18(21)19(5,22-7-2)15-8-9-15/h10-12,14-15H,6-9H2,1-5H3,(H,20,21)/t14-,19+/m0/s1. The van der Waals surface area contributed by atoms with Gasteiger partial charge in [-0.05, 0) is 76.6 Å². The molecule has 4 heteroatoms. The average molecular weight is 319 g/mol. The minimum atomic E-state index is -0.728. The monoisotopic (exact) mass is 319 g/mol. The lowest BCUT2D eigenvalue weighted by atomic mass is 9.98. The Hall–Kier alpha value is -1.55. The molecule has 1 fully saturated rings. The predicted molar refractivity (Wildman–Crippen MR) is 92.9 cm³/mol. The van der Waals surface area contributed by atoms with Crippen molar-refractivity contribution in [2.24, 2.45) is 5.92 Å². The van der Waals surface area contributed by atoms with Gasteiger partial charge in [0.05, 0.1) is 6.10 Å². The Kier molecular flexibility index (Phi) is 5.69. The fourth-order valence-electron chi connectivity index (χ4n) is 2.72. The predicted octanol–water partition coefficient (Wildman–Crippen LogP) is 4.32. The van der Waals surface area contributed by atoms with Gasteiger partial charge in [-0.25, -0.2) is 0 Å². The van der Waals surface area contributed by atoms with Gasteiger partial charge in [0, 0.05) is 12.3 Å². The fourth-order valence-corrected chi connectivity index (χ4v) is 2.72. The van der Waals surface area contributed by atoms with Crippen LogP contribution in [0.25, 0.3) is 0 Å². The molecule has 128 valence electrons. The number of carbonyl (C=O) groups is 1. The van der Waals surface area contributed by atoms with Gasteiger partial charge in [-0.1, -0.05) is 6.92 Å². The van der Waals surface area contributed by atoms with Crippen LogP contribution in [0.2, 0.25) is 0 Å². The molecule has 0 heterocycles. The van der Waals surface area contributed by atoms with E-state index in [1.165, 1.54) is 0 Å². The molecule has 1 aliphatic rings. The zero-order valence-electron chi connectivity index (χ0n) is 14.9. The van der Waals surface area contributed by atoms with E-state index >= 15 is 0 Å². The van der Waals surface area contributed by atoms with Gasteiger partial charge >= 0.3 is 0 Å². The van der Waals surface area contributed by atoms with E-state index < -0.39 is 5.60 Å². The van der Waals surface area contributed by atoms with Crippen LogP contribution in [0, 0.1) is 12.8 Å². The van der Waals surface area contributed by atoms with Crippen LogP contribution in [0.4, 0.5) is 5.69 Å². The van der Waals surface area contributed by atoms with E-state index in [1.54, 1.807) is 0 Å². The molecule has 1 saturated carbocycles. The van der Waals surface area contributed by atoms with Gasteiger partial charge in [0.15, 0.2) is 0 Å². The number of hydrogen-bond donors (Lipinski definition) is 1. The first-order valence-electron chi connectivity index (χ1n) is 8.63. The smallest absolute Gasteiger partial charge is 0.256 e. The summed E-state index contributed by atoms with van der Waals surface area (Å²) >= 11 is 0. The average Bonchev–Trinajstić information content (AvgIpc) is 3.35. The van der Waals surface area contributed by atoms with Gasteiger partial charge in [0.1, 0.15) is 11.4 Å². The summed E-state index contributed by atoms with van der Waals surface area (Å²) in [6, 6.07) is 5.77. The minimum Gasteiger partial charge on any atom is -0.490 e. The van der Waals surface area contributed by atoms with E-state index in [-0.39, 0.29) is 12.0 Å². The molecule has 2 atom stereocenters. The van der Waals surface area contributed by atoms with Crippen molar-refractivity contribution in [1.29, 1.82) is 0 Å². The van der Waals surface area contributed by atoms with Crippen LogP contribution in [-0.2, 0) is 9.53 Å². The van der Waals surface area contributed by atoms with Crippen molar-refractivity contribution in [2.75, 3.05) is 11.9 Å². The van der Waals surface area contributed by atoms with Crippen molar-refractivity contribution >= 4 is 11.6 Å². The summed E-state index contributed by atoms with van der Waals surface area (Å²) in [5.41, 5.74) is 1.08. The van der Waals surface area contributed by atoms with E-state index in [9.17, 15) is 4.79 Å². The molecule has 2 rings (SSSR count). The van der Waals surface area contributed by atoms with Crippen LogP contribution in [0.3, 0.4) is 0 Å². The topological polar surface area (TPSA) is 47.6 Å². The first-order valence-corrected chi connectivity index (χ1v) is 8.63. The summed E-state index contributed by atoms with van der Waals surface area (Å²) in [6.07, 6.45) is 3.27. The Morgan fingerprint density at radius 1 is 1.39 bits per heavy atom. The molecule has 0 spiro atoms. The highest BCUT2D eigenvalue weighted by Crippen LogP contribution is 2.42. The molecule has 4 nitrogen and oxygen atoms in total. The lowest BCUT2D eigenvalue weighted by Gasteiger charge is -2.28. The third-order valence-electron chi connectivity index (χ3n) is 4.59. The fraction of sp³-hybridized carbons (Fsp3) is 0.632. The second-order valence-corrected chi connectivity index (χ2v) is 6.59. The number of ether oxygens (including phenoxy) is 2. The highest BCUT2D eigenvalue weighted by Gasteiger charge is 2.48. The molecule has 0 bridgehead atoms. The molecule has 1 N–H and O–H groups in total. The zero-order chi connectivity index (χ0) is 17.0. The Morgan fingerprint density at radius 3 is 2.61 bits per heavy atom. The Morgan fingerprint density at radius 2 is 2.09 bits per heavy atom. The summed E-state index contributed by atoms with van der Waals surface area (Å²) in [5, 5.41) is 3.00. The number of nitrogens with one attached hydrogen (secondary N) is 1. The molecule has 1 aromatic carbocycles. The number of hydrogen-bond acceptors (Lipinski definition) is 3. The minimum absolute atomic E-state index is 0.0585. The van der Waals surface area contributed by atoms with Crippen molar-refractivity contribution in [3.8, 4) is 5.75 Å².